The van der Waals surface area contributed by atoms with Crippen LogP contribution in [-0.2, 0) is 13.6 Å². The molecule has 1 aliphatic carbocycles. The minimum atomic E-state index is -2.53. The molecule has 2 aliphatic rings. The highest BCUT2D eigenvalue weighted by atomic mass is 28.4. The molecule has 2 aromatic heterocycles. The molecule has 2 N–H and O–H groups in total. The van der Waals surface area contributed by atoms with Gasteiger partial charge in [0.1, 0.15) is 30.1 Å². The molecule has 0 aromatic carbocycles. The predicted molar refractivity (Wildman–Crippen MR) is 138 cm³/mol. The quantitative estimate of drug-likeness (QED) is 0.544. The average Bonchev–Trinajstić information content (AvgIpc) is 2.99. The van der Waals surface area contributed by atoms with Crippen LogP contribution in [0.5, 0.6) is 0 Å². The van der Waals surface area contributed by atoms with Crippen molar-refractivity contribution in [2.75, 3.05) is 5.73 Å². The zero-order chi connectivity index (χ0) is 26.4. The number of ether oxygens (including phenoxy) is 1. The molecule has 11 heteroatoms. The molecule has 3 heterocycles. The number of fused-ring (bicyclic) bond motifs is 2. The summed E-state index contributed by atoms with van der Waals surface area (Å²) in [6, 6.07) is 5.75. The van der Waals surface area contributed by atoms with Crippen LogP contribution >= 0.6 is 0 Å². The normalized spacial score (nSPS) is 31.4. The molecule has 0 spiro atoms. The maximum absolute atomic E-state index is 16.8. The molecule has 0 radical (unpaired) electrons. The van der Waals surface area contributed by atoms with Crippen molar-refractivity contribution in [2.45, 2.75) is 107 Å². The zero-order valence-electron chi connectivity index (χ0n) is 22.4. The molecule has 0 bridgehead atoms. The smallest absolute Gasteiger partial charge is 0.216 e. The van der Waals surface area contributed by atoms with Crippen molar-refractivity contribution in [3.63, 3.8) is 0 Å². The lowest BCUT2D eigenvalue weighted by Gasteiger charge is -2.41. The molecular formula is C24H38FN5O3Si2. The van der Waals surface area contributed by atoms with E-state index in [-0.39, 0.29) is 15.9 Å². The van der Waals surface area contributed by atoms with Gasteiger partial charge in [-0.15, -0.1) is 0 Å². The van der Waals surface area contributed by atoms with E-state index in [4.69, 9.17) is 19.3 Å². The van der Waals surface area contributed by atoms with Crippen LogP contribution in [0.15, 0.2) is 18.5 Å². The second-order valence-corrected chi connectivity index (χ2v) is 22.4. The fraction of sp³-hybridized carbons (Fsp3) is 0.708. The summed E-state index contributed by atoms with van der Waals surface area (Å²) >= 11 is 0. The summed E-state index contributed by atoms with van der Waals surface area (Å²) in [6.07, 6.45) is -2.19. The Hall–Kier alpha value is -1.85. The summed E-state index contributed by atoms with van der Waals surface area (Å²) in [5.74, 6) is 0.284. The Labute approximate surface area is 209 Å². The molecule has 2 fully saturated rings. The highest BCUT2D eigenvalue weighted by Crippen LogP contribution is 2.70. The first-order valence-electron chi connectivity index (χ1n) is 12.1. The van der Waals surface area contributed by atoms with Crippen molar-refractivity contribution in [1.29, 1.82) is 5.26 Å². The molecule has 1 saturated carbocycles. The van der Waals surface area contributed by atoms with Crippen LogP contribution in [0, 0.1) is 11.3 Å². The van der Waals surface area contributed by atoms with Crippen LogP contribution in [-0.4, -0.2) is 54.7 Å². The number of anilines is 1. The van der Waals surface area contributed by atoms with E-state index in [1.807, 2.05) is 0 Å². The van der Waals surface area contributed by atoms with E-state index in [2.05, 4.69) is 83.9 Å². The molecule has 192 valence electrons. The molecular weight excluding hydrogens is 481 g/mol. The van der Waals surface area contributed by atoms with Crippen LogP contribution < -0.4 is 5.73 Å². The van der Waals surface area contributed by atoms with E-state index in [1.165, 1.54) is 10.8 Å². The highest BCUT2D eigenvalue weighted by molar-refractivity contribution is 6.75. The lowest BCUT2D eigenvalue weighted by molar-refractivity contribution is -0.0385. The van der Waals surface area contributed by atoms with Crippen molar-refractivity contribution < 1.29 is 18.0 Å². The van der Waals surface area contributed by atoms with Crippen LogP contribution in [0.4, 0.5) is 10.2 Å². The highest BCUT2D eigenvalue weighted by Gasteiger charge is 2.92. The Morgan fingerprint density at radius 3 is 2.26 bits per heavy atom. The van der Waals surface area contributed by atoms with E-state index >= 15 is 4.39 Å². The molecule has 35 heavy (non-hydrogen) atoms. The Bertz CT molecular complexity index is 1200. The number of nitrogen functional groups attached to an aromatic ring is 1. The first-order valence-corrected chi connectivity index (χ1v) is 17.9. The molecule has 2 unspecified atom stereocenters. The van der Waals surface area contributed by atoms with Crippen LogP contribution in [0.2, 0.25) is 36.3 Å². The summed E-state index contributed by atoms with van der Waals surface area (Å²) in [5, 5.41) is 14.4. The maximum Gasteiger partial charge on any atom is 0.216 e. The van der Waals surface area contributed by atoms with Gasteiger partial charge in [-0.3, -0.25) is 0 Å². The minimum absolute atomic E-state index is 0.129. The van der Waals surface area contributed by atoms with Crippen molar-refractivity contribution in [2.24, 2.45) is 0 Å². The van der Waals surface area contributed by atoms with Crippen LogP contribution in [0.3, 0.4) is 0 Å². The number of aromatic nitrogens is 3. The van der Waals surface area contributed by atoms with Gasteiger partial charge in [-0.2, -0.15) is 10.4 Å². The zero-order valence-corrected chi connectivity index (χ0v) is 24.4. The maximum atomic E-state index is 16.8. The van der Waals surface area contributed by atoms with Gasteiger partial charge in [0.15, 0.2) is 34.2 Å². The first kappa shape index (κ1) is 26.2. The number of halogens is 1. The fourth-order valence-corrected chi connectivity index (χ4v) is 7.18. The lowest BCUT2D eigenvalue weighted by Crippen LogP contribution is -2.51. The summed E-state index contributed by atoms with van der Waals surface area (Å²) in [5.41, 5.74) is 3.94. The van der Waals surface area contributed by atoms with Crippen LogP contribution in [0.1, 0.15) is 53.3 Å². The van der Waals surface area contributed by atoms with Gasteiger partial charge in [0.25, 0.3) is 0 Å². The topological polar surface area (TPSA) is 108 Å². The Kier molecular flexibility index (Phi) is 5.68. The lowest BCUT2D eigenvalue weighted by atomic mass is 10.1. The van der Waals surface area contributed by atoms with Gasteiger partial charge in [0.2, 0.25) is 5.60 Å². The number of alkyl halides is 1. The van der Waals surface area contributed by atoms with Crippen LogP contribution in [0.25, 0.3) is 5.52 Å². The van der Waals surface area contributed by atoms with E-state index < -0.39 is 46.2 Å². The number of rotatable bonds is 5. The SMILES string of the molecule is CC(C)(C)[Si](C)(C)OC1C2(O[Si](C)(C)C(C)(C)C)[C@@H](F)[C@H](c3ccc4c(N)ncnn34)O[C@]12C#N. The van der Waals surface area contributed by atoms with Gasteiger partial charge in [0.05, 0.1) is 5.69 Å². The van der Waals surface area contributed by atoms with E-state index in [0.29, 0.717) is 11.2 Å². The van der Waals surface area contributed by atoms with Gasteiger partial charge in [-0.05, 0) is 48.4 Å². The van der Waals surface area contributed by atoms with Gasteiger partial charge in [-0.1, -0.05) is 41.5 Å². The molecule has 4 rings (SSSR count). The monoisotopic (exact) mass is 519 g/mol. The summed E-state index contributed by atoms with van der Waals surface area (Å²) in [7, 11) is -4.91. The number of hydrogen-bond acceptors (Lipinski definition) is 7. The fourth-order valence-electron chi connectivity index (χ4n) is 4.37. The summed E-state index contributed by atoms with van der Waals surface area (Å²) < 4.78 is 38.2. The third-order valence-corrected chi connectivity index (χ3v) is 17.6. The predicted octanol–water partition coefficient (Wildman–Crippen LogP) is 5.15. The van der Waals surface area contributed by atoms with Crippen molar-refractivity contribution in [3.05, 3.63) is 24.2 Å². The molecule has 1 aliphatic heterocycles. The third-order valence-electron chi connectivity index (χ3n) is 8.66. The van der Waals surface area contributed by atoms with Gasteiger partial charge < -0.3 is 19.3 Å². The standard InChI is InChI=1S/C24H38FN5O3Si2/c1-21(2,3)34(7,8)32-20-23(13-26)24(20,33-35(9,10)22(4,5)6)18(25)17(31-23)15-11-12-16-19(27)28-14-29-30(15)16/h11-12,14,17-18,20H,1-10H3,(H2,27,28,29)/t17-,18-,20?,23+,24?/m0/s1. The second kappa shape index (κ2) is 7.58. The van der Waals surface area contributed by atoms with Gasteiger partial charge in [0, 0.05) is 0 Å². The van der Waals surface area contributed by atoms with Gasteiger partial charge >= 0.3 is 0 Å². The Morgan fingerprint density at radius 2 is 1.71 bits per heavy atom. The summed E-state index contributed by atoms with van der Waals surface area (Å²) in [4.78, 5) is 4.01. The number of nitriles is 1. The minimum Gasteiger partial charge on any atom is -0.407 e. The van der Waals surface area contributed by atoms with E-state index in [0.717, 1.165) is 0 Å². The Balaban J connectivity index is 1.82. The van der Waals surface area contributed by atoms with E-state index in [9.17, 15) is 5.26 Å². The molecule has 1 saturated heterocycles. The number of nitrogens with zero attached hydrogens (tertiary/aromatic N) is 4. The van der Waals surface area contributed by atoms with E-state index in [1.54, 1.807) is 12.1 Å². The molecule has 5 atom stereocenters. The first-order chi connectivity index (χ1) is 15.9. The molecule has 0 amide bonds. The number of hydrogen-bond donors (Lipinski definition) is 1. The molecule has 2 aromatic rings. The van der Waals surface area contributed by atoms with Crippen molar-refractivity contribution in [3.8, 4) is 6.07 Å². The summed E-state index contributed by atoms with van der Waals surface area (Å²) in [6.45, 7) is 20.9. The molecule has 8 nitrogen and oxygen atoms in total. The van der Waals surface area contributed by atoms with Gasteiger partial charge in [-0.25, -0.2) is 13.9 Å². The second-order valence-electron chi connectivity index (χ2n) is 12.9. The van der Waals surface area contributed by atoms with Crippen molar-refractivity contribution in [1.82, 2.24) is 14.6 Å². The largest absolute Gasteiger partial charge is 0.407 e. The van der Waals surface area contributed by atoms with Crippen molar-refractivity contribution >= 4 is 28.0 Å². The third kappa shape index (κ3) is 3.52. The average molecular weight is 520 g/mol. The number of nitrogens with two attached hydrogens (primary N) is 1. The Morgan fingerprint density at radius 1 is 1.11 bits per heavy atom.